The predicted molar refractivity (Wildman–Crippen MR) is 144 cm³/mol. The first kappa shape index (κ1) is 19.1. The van der Waals surface area contributed by atoms with Crippen LogP contribution >= 0.6 is 0 Å². The van der Waals surface area contributed by atoms with Crippen LogP contribution in [0.4, 0.5) is 0 Å². The highest BCUT2D eigenvalue weighted by molar-refractivity contribution is 6.18. The first-order valence-electron chi connectivity index (χ1n) is 11.8. The summed E-state index contributed by atoms with van der Waals surface area (Å²) in [5.74, 6) is 0. The van der Waals surface area contributed by atoms with Crippen LogP contribution in [0.3, 0.4) is 0 Å². The number of nitrogens with one attached hydrogen (secondary N) is 1. The molecular formula is C33H23N. The maximum absolute atomic E-state index is 3.28. The van der Waals surface area contributed by atoms with Crippen molar-refractivity contribution < 1.29 is 0 Å². The Balaban J connectivity index is 1.25. The molecule has 5 aromatic carbocycles. The minimum absolute atomic E-state index is 0.903. The van der Waals surface area contributed by atoms with E-state index in [1.165, 1.54) is 66.4 Å². The average molecular weight is 434 g/mol. The second kappa shape index (κ2) is 7.60. The molecule has 0 saturated carbocycles. The van der Waals surface area contributed by atoms with Gasteiger partial charge in [-0.1, -0.05) is 115 Å². The summed E-state index contributed by atoms with van der Waals surface area (Å²) in [6, 6.07) is 37.8. The van der Waals surface area contributed by atoms with Crippen molar-refractivity contribution in [1.82, 2.24) is 5.32 Å². The first-order chi connectivity index (χ1) is 16.9. The summed E-state index contributed by atoms with van der Waals surface area (Å²) in [5.41, 5.74) is 12.9. The zero-order valence-electron chi connectivity index (χ0n) is 18.8. The van der Waals surface area contributed by atoms with Crippen LogP contribution in [0.1, 0.15) is 5.56 Å². The third kappa shape index (κ3) is 2.94. The summed E-state index contributed by atoms with van der Waals surface area (Å²) >= 11 is 0. The summed E-state index contributed by atoms with van der Waals surface area (Å²) in [6.07, 6.45) is 6.41. The van der Waals surface area contributed by atoms with Crippen LogP contribution < -0.4 is 5.32 Å². The highest BCUT2D eigenvalue weighted by atomic mass is 14.8. The van der Waals surface area contributed by atoms with Crippen LogP contribution in [0.2, 0.25) is 0 Å². The van der Waals surface area contributed by atoms with Gasteiger partial charge in [0.05, 0.1) is 0 Å². The van der Waals surface area contributed by atoms with E-state index in [0.29, 0.717) is 0 Å². The van der Waals surface area contributed by atoms with Gasteiger partial charge in [-0.05, 0) is 66.4 Å². The number of hydrogen-bond donors (Lipinski definition) is 1. The molecule has 1 nitrogen and oxygen atoms in total. The number of fused-ring (bicyclic) bond motifs is 3. The van der Waals surface area contributed by atoms with E-state index in [1.807, 2.05) is 0 Å². The third-order valence-corrected chi connectivity index (χ3v) is 7.09. The summed E-state index contributed by atoms with van der Waals surface area (Å²) in [5, 5.41) is 5.98. The lowest BCUT2D eigenvalue weighted by Gasteiger charge is -2.11. The molecule has 5 aromatic rings. The van der Waals surface area contributed by atoms with E-state index in [1.54, 1.807) is 0 Å². The lowest BCUT2D eigenvalue weighted by Crippen LogP contribution is -2.08. The van der Waals surface area contributed by atoms with Crippen molar-refractivity contribution in [2.24, 2.45) is 0 Å². The van der Waals surface area contributed by atoms with Crippen molar-refractivity contribution in [3.05, 3.63) is 127 Å². The maximum atomic E-state index is 3.28. The molecule has 0 aromatic heterocycles. The van der Waals surface area contributed by atoms with Crippen molar-refractivity contribution in [1.29, 1.82) is 0 Å². The minimum Gasteiger partial charge on any atom is -0.387 e. The van der Waals surface area contributed by atoms with Crippen LogP contribution in [0.15, 0.2) is 121 Å². The zero-order chi connectivity index (χ0) is 22.5. The normalized spacial score (nSPS) is 13.5. The monoisotopic (exact) mass is 433 g/mol. The molecule has 160 valence electrons. The third-order valence-electron chi connectivity index (χ3n) is 7.09. The Morgan fingerprint density at radius 1 is 0.471 bits per heavy atom. The Kier molecular flexibility index (Phi) is 4.28. The van der Waals surface area contributed by atoms with Gasteiger partial charge in [0.15, 0.2) is 0 Å². The fourth-order valence-electron chi connectivity index (χ4n) is 5.41. The van der Waals surface area contributed by atoms with E-state index in [-0.39, 0.29) is 0 Å². The number of dihydropyridines is 1. The number of rotatable bonds is 3. The molecule has 0 fully saturated rings. The summed E-state index contributed by atoms with van der Waals surface area (Å²) < 4.78 is 0. The van der Waals surface area contributed by atoms with Gasteiger partial charge in [0, 0.05) is 12.7 Å². The van der Waals surface area contributed by atoms with E-state index >= 15 is 0 Å². The zero-order valence-corrected chi connectivity index (χ0v) is 18.8. The van der Waals surface area contributed by atoms with E-state index in [4.69, 9.17) is 0 Å². The Morgan fingerprint density at radius 3 is 1.74 bits per heavy atom. The van der Waals surface area contributed by atoms with E-state index in [9.17, 15) is 0 Å². The van der Waals surface area contributed by atoms with Gasteiger partial charge in [-0.25, -0.2) is 0 Å². The fourth-order valence-corrected chi connectivity index (χ4v) is 5.41. The minimum atomic E-state index is 0.903. The Bertz CT molecular complexity index is 1590. The topological polar surface area (TPSA) is 12.0 Å². The molecule has 0 unspecified atom stereocenters. The highest BCUT2D eigenvalue weighted by Crippen LogP contribution is 2.49. The quantitative estimate of drug-likeness (QED) is 0.296. The second-order valence-corrected chi connectivity index (χ2v) is 9.00. The molecule has 7 rings (SSSR count). The average Bonchev–Trinajstić information content (AvgIpc) is 3.25. The Labute approximate surface area is 199 Å². The Morgan fingerprint density at radius 2 is 1.06 bits per heavy atom. The van der Waals surface area contributed by atoms with Crippen molar-refractivity contribution in [2.45, 2.75) is 0 Å². The molecule has 34 heavy (non-hydrogen) atoms. The maximum Gasteiger partial charge on any atom is 0.0328 e. The molecule has 1 aliphatic carbocycles. The van der Waals surface area contributed by atoms with Gasteiger partial charge >= 0.3 is 0 Å². The molecule has 0 radical (unpaired) electrons. The van der Waals surface area contributed by atoms with Gasteiger partial charge in [0.2, 0.25) is 0 Å². The van der Waals surface area contributed by atoms with Gasteiger partial charge in [0.1, 0.15) is 0 Å². The van der Waals surface area contributed by atoms with Gasteiger partial charge in [-0.2, -0.15) is 0 Å². The molecule has 0 saturated heterocycles. The van der Waals surface area contributed by atoms with Crippen LogP contribution in [0, 0.1) is 0 Å². The van der Waals surface area contributed by atoms with Crippen LogP contribution in [-0.2, 0) is 0 Å². The lowest BCUT2D eigenvalue weighted by molar-refractivity contribution is 0.976. The van der Waals surface area contributed by atoms with Gasteiger partial charge in [-0.3, -0.25) is 0 Å². The van der Waals surface area contributed by atoms with Crippen molar-refractivity contribution >= 4 is 16.3 Å². The molecule has 0 bridgehead atoms. The molecule has 0 spiro atoms. The van der Waals surface area contributed by atoms with Crippen molar-refractivity contribution in [3.8, 4) is 44.5 Å². The summed E-state index contributed by atoms with van der Waals surface area (Å²) in [4.78, 5) is 0. The van der Waals surface area contributed by atoms with Crippen molar-refractivity contribution in [2.75, 3.05) is 6.54 Å². The van der Waals surface area contributed by atoms with E-state index in [0.717, 1.165) is 6.54 Å². The summed E-state index contributed by atoms with van der Waals surface area (Å²) in [7, 11) is 0. The molecule has 1 N–H and O–H groups in total. The van der Waals surface area contributed by atoms with Gasteiger partial charge < -0.3 is 5.32 Å². The molecule has 2 aliphatic rings. The largest absolute Gasteiger partial charge is 0.387 e. The van der Waals surface area contributed by atoms with Crippen molar-refractivity contribution in [3.63, 3.8) is 0 Å². The molecule has 1 heteroatoms. The standard InChI is InChI=1S/C33H23N/c1-2-7-29-28(6-1)31-9-3-8-30-27(18-19-32(29)33(30)31)25-16-14-23(15-17-25)22-10-12-24(13-11-22)26-5-4-20-34-21-26/h1-19,21,34H,20H2. The lowest BCUT2D eigenvalue weighted by atomic mass is 9.93. The van der Waals surface area contributed by atoms with Crippen LogP contribution in [-0.4, -0.2) is 6.54 Å². The van der Waals surface area contributed by atoms with Gasteiger partial charge in [0.25, 0.3) is 0 Å². The molecule has 0 amide bonds. The van der Waals surface area contributed by atoms with Crippen LogP contribution in [0.25, 0.3) is 60.9 Å². The smallest absolute Gasteiger partial charge is 0.0328 e. The SMILES string of the molecule is C1=CC(c2ccc(-c3ccc(-c4ccc5c6c(cccc46)-c4ccccc4-5)cc3)cc2)=CNC1. The highest BCUT2D eigenvalue weighted by Gasteiger charge is 2.22. The summed E-state index contributed by atoms with van der Waals surface area (Å²) in [6.45, 7) is 0.903. The number of benzene rings is 5. The Hall–Kier alpha value is -4.36. The number of allylic oxidation sites excluding steroid dienone is 2. The van der Waals surface area contributed by atoms with E-state index in [2.05, 4.69) is 127 Å². The predicted octanol–water partition coefficient (Wildman–Crippen LogP) is 8.32. The van der Waals surface area contributed by atoms with E-state index < -0.39 is 0 Å². The fraction of sp³-hybridized carbons (Fsp3) is 0.0303. The van der Waals surface area contributed by atoms with Gasteiger partial charge in [-0.15, -0.1) is 0 Å². The number of hydrogen-bond acceptors (Lipinski definition) is 1. The first-order valence-corrected chi connectivity index (χ1v) is 11.8. The molecule has 0 atom stereocenters. The molecular weight excluding hydrogens is 410 g/mol. The second-order valence-electron chi connectivity index (χ2n) is 9.00. The molecule has 1 heterocycles. The van der Waals surface area contributed by atoms with Crippen LogP contribution in [0.5, 0.6) is 0 Å². The molecule has 1 aliphatic heterocycles.